The van der Waals surface area contributed by atoms with Gasteiger partial charge in [0, 0.05) is 11.4 Å². The van der Waals surface area contributed by atoms with Crippen LogP contribution in [0.1, 0.15) is 11.0 Å². The van der Waals surface area contributed by atoms with Crippen molar-refractivity contribution in [2.24, 2.45) is 5.73 Å². The maximum Gasteiger partial charge on any atom is 0.145 e. The Morgan fingerprint density at radius 3 is 2.61 bits per heavy atom. The number of hydrogen-bond donors (Lipinski definition) is 1. The predicted molar refractivity (Wildman–Crippen MR) is 78.5 cm³/mol. The van der Waals surface area contributed by atoms with E-state index in [1.54, 1.807) is 17.4 Å². The third-order valence-electron chi connectivity index (χ3n) is 2.29. The third kappa shape index (κ3) is 3.32. The highest BCUT2D eigenvalue weighted by Gasteiger charge is 2.15. The SMILES string of the molecule is NCC(Oc1ccc(F)cc1Br)c1ccc(Br)s1. The second-order valence-electron chi connectivity index (χ2n) is 3.56. The van der Waals surface area contributed by atoms with E-state index in [0.29, 0.717) is 16.8 Å². The normalized spacial score (nSPS) is 12.4. The minimum Gasteiger partial charge on any atom is -0.482 e. The molecule has 0 saturated heterocycles. The molecule has 0 radical (unpaired) electrons. The van der Waals surface area contributed by atoms with E-state index in [2.05, 4.69) is 31.9 Å². The fourth-order valence-corrected chi connectivity index (χ4v) is 3.36. The molecule has 6 heteroatoms. The molecule has 96 valence electrons. The predicted octanol–water partition coefficient (Wildman–Crippen LogP) is 4.49. The quantitative estimate of drug-likeness (QED) is 0.828. The number of hydrogen-bond acceptors (Lipinski definition) is 3. The molecule has 2 N–H and O–H groups in total. The smallest absolute Gasteiger partial charge is 0.145 e. The minimum atomic E-state index is -0.308. The molecule has 1 atom stereocenters. The lowest BCUT2D eigenvalue weighted by Crippen LogP contribution is -2.17. The van der Waals surface area contributed by atoms with Crippen LogP contribution in [0.25, 0.3) is 0 Å². The second kappa shape index (κ2) is 6.14. The number of thiophene rings is 1. The van der Waals surface area contributed by atoms with Gasteiger partial charge in [-0.1, -0.05) is 0 Å². The van der Waals surface area contributed by atoms with Crippen molar-refractivity contribution in [2.75, 3.05) is 6.54 Å². The van der Waals surface area contributed by atoms with Gasteiger partial charge in [0.15, 0.2) is 0 Å². The lowest BCUT2D eigenvalue weighted by molar-refractivity contribution is 0.216. The van der Waals surface area contributed by atoms with Crippen molar-refractivity contribution in [3.05, 3.63) is 49.3 Å². The van der Waals surface area contributed by atoms with Gasteiger partial charge in [0.25, 0.3) is 0 Å². The molecule has 0 aliphatic rings. The van der Waals surface area contributed by atoms with Gasteiger partial charge in [-0.15, -0.1) is 11.3 Å². The third-order valence-corrected chi connectivity index (χ3v) is 4.62. The largest absolute Gasteiger partial charge is 0.482 e. The highest BCUT2D eigenvalue weighted by molar-refractivity contribution is 9.11. The lowest BCUT2D eigenvalue weighted by Gasteiger charge is -2.17. The van der Waals surface area contributed by atoms with Gasteiger partial charge in [-0.3, -0.25) is 0 Å². The number of ether oxygens (including phenoxy) is 1. The average molecular weight is 395 g/mol. The summed E-state index contributed by atoms with van der Waals surface area (Å²) in [6, 6.07) is 8.23. The molecule has 0 aliphatic carbocycles. The van der Waals surface area contributed by atoms with Gasteiger partial charge < -0.3 is 10.5 Å². The van der Waals surface area contributed by atoms with Crippen molar-refractivity contribution in [3.8, 4) is 5.75 Å². The van der Waals surface area contributed by atoms with Crippen molar-refractivity contribution in [2.45, 2.75) is 6.10 Å². The summed E-state index contributed by atoms with van der Waals surface area (Å²) in [6.07, 6.45) is -0.233. The summed E-state index contributed by atoms with van der Waals surface area (Å²) in [5.74, 6) is 0.272. The van der Waals surface area contributed by atoms with E-state index < -0.39 is 0 Å². The summed E-state index contributed by atoms with van der Waals surface area (Å²) in [5, 5.41) is 0. The van der Waals surface area contributed by atoms with Crippen LogP contribution in [0.15, 0.2) is 38.6 Å². The molecular weight excluding hydrogens is 385 g/mol. The van der Waals surface area contributed by atoms with E-state index >= 15 is 0 Å². The molecule has 0 saturated carbocycles. The van der Waals surface area contributed by atoms with Gasteiger partial charge in [-0.05, 0) is 62.2 Å². The van der Waals surface area contributed by atoms with E-state index in [9.17, 15) is 4.39 Å². The summed E-state index contributed by atoms with van der Waals surface area (Å²) >= 11 is 8.24. The summed E-state index contributed by atoms with van der Waals surface area (Å²) in [7, 11) is 0. The first kappa shape index (κ1) is 14.0. The van der Waals surface area contributed by atoms with Crippen LogP contribution in [0.2, 0.25) is 0 Å². The maximum absolute atomic E-state index is 13.0. The van der Waals surface area contributed by atoms with Crippen molar-refractivity contribution in [1.82, 2.24) is 0 Å². The Morgan fingerprint density at radius 1 is 1.28 bits per heavy atom. The van der Waals surface area contributed by atoms with Gasteiger partial charge in [-0.2, -0.15) is 0 Å². The van der Waals surface area contributed by atoms with Gasteiger partial charge in [0.2, 0.25) is 0 Å². The van der Waals surface area contributed by atoms with E-state index in [0.717, 1.165) is 8.66 Å². The first-order valence-electron chi connectivity index (χ1n) is 5.17. The molecule has 1 unspecified atom stereocenters. The molecule has 18 heavy (non-hydrogen) atoms. The van der Waals surface area contributed by atoms with Crippen LogP contribution in [0.4, 0.5) is 4.39 Å². The van der Waals surface area contributed by atoms with E-state index in [-0.39, 0.29) is 11.9 Å². The molecule has 0 amide bonds. The highest BCUT2D eigenvalue weighted by atomic mass is 79.9. The van der Waals surface area contributed by atoms with Crippen LogP contribution in [0, 0.1) is 5.82 Å². The summed E-state index contributed by atoms with van der Waals surface area (Å²) < 4.78 is 20.4. The highest BCUT2D eigenvalue weighted by Crippen LogP contribution is 2.33. The molecule has 1 aromatic carbocycles. The van der Waals surface area contributed by atoms with Gasteiger partial charge in [-0.25, -0.2) is 4.39 Å². The van der Waals surface area contributed by atoms with E-state index in [1.165, 1.54) is 12.1 Å². The van der Waals surface area contributed by atoms with E-state index in [1.807, 2.05) is 12.1 Å². The van der Waals surface area contributed by atoms with E-state index in [4.69, 9.17) is 10.5 Å². The molecule has 0 bridgehead atoms. The zero-order valence-corrected chi connectivity index (χ0v) is 13.2. The maximum atomic E-state index is 13.0. The van der Waals surface area contributed by atoms with Crippen LogP contribution in [-0.2, 0) is 0 Å². The zero-order valence-electron chi connectivity index (χ0n) is 9.20. The fraction of sp³-hybridized carbons (Fsp3) is 0.167. The first-order chi connectivity index (χ1) is 8.60. The molecule has 2 nitrogen and oxygen atoms in total. The zero-order chi connectivity index (χ0) is 13.1. The van der Waals surface area contributed by atoms with Crippen molar-refractivity contribution < 1.29 is 9.13 Å². The summed E-state index contributed by atoms with van der Waals surface area (Å²) in [6.45, 7) is 0.358. The monoisotopic (exact) mass is 393 g/mol. The van der Waals surface area contributed by atoms with Crippen molar-refractivity contribution in [3.63, 3.8) is 0 Å². The molecule has 0 fully saturated rings. The Kier molecular flexibility index (Phi) is 4.77. The Hall–Kier alpha value is -0.430. The Labute approximate surface area is 125 Å². The van der Waals surface area contributed by atoms with Crippen molar-refractivity contribution >= 4 is 43.2 Å². The molecule has 1 aromatic heterocycles. The number of benzene rings is 1. The fourth-order valence-electron chi connectivity index (χ4n) is 1.45. The standard InChI is InChI=1S/C12H10Br2FNOS/c13-8-5-7(15)1-2-9(8)17-10(6-16)11-3-4-12(14)18-11/h1-5,10H,6,16H2. The van der Waals surface area contributed by atoms with Crippen LogP contribution >= 0.6 is 43.2 Å². The molecule has 2 aromatic rings. The van der Waals surface area contributed by atoms with Crippen molar-refractivity contribution in [1.29, 1.82) is 0 Å². The average Bonchev–Trinajstić information content (AvgIpc) is 2.75. The van der Waals surface area contributed by atoms with Crippen LogP contribution < -0.4 is 10.5 Å². The number of rotatable bonds is 4. The molecule has 2 rings (SSSR count). The Balaban J connectivity index is 2.20. The molecule has 1 heterocycles. The first-order valence-corrected chi connectivity index (χ1v) is 7.57. The van der Waals surface area contributed by atoms with Crippen LogP contribution in [-0.4, -0.2) is 6.54 Å². The topological polar surface area (TPSA) is 35.2 Å². The Bertz CT molecular complexity index is 547. The van der Waals surface area contributed by atoms with Gasteiger partial charge in [0.05, 0.1) is 8.26 Å². The number of nitrogens with two attached hydrogens (primary N) is 1. The minimum absolute atomic E-state index is 0.233. The molecular formula is C12H10Br2FNOS. The second-order valence-corrected chi connectivity index (χ2v) is 6.91. The molecule has 0 aliphatic heterocycles. The summed E-state index contributed by atoms with van der Waals surface area (Å²) in [5.41, 5.74) is 5.72. The molecule has 0 spiro atoms. The van der Waals surface area contributed by atoms with Crippen LogP contribution in [0.5, 0.6) is 5.75 Å². The van der Waals surface area contributed by atoms with Gasteiger partial charge >= 0.3 is 0 Å². The van der Waals surface area contributed by atoms with Gasteiger partial charge in [0.1, 0.15) is 17.7 Å². The van der Waals surface area contributed by atoms with Crippen LogP contribution in [0.3, 0.4) is 0 Å². The number of halogens is 3. The Morgan fingerprint density at radius 2 is 2.06 bits per heavy atom. The summed E-state index contributed by atoms with van der Waals surface area (Å²) in [4.78, 5) is 1.03. The lowest BCUT2D eigenvalue weighted by atomic mass is 10.3.